The summed E-state index contributed by atoms with van der Waals surface area (Å²) in [7, 11) is 0. The van der Waals surface area contributed by atoms with Crippen molar-refractivity contribution in [2.24, 2.45) is 0 Å². The van der Waals surface area contributed by atoms with Crippen LogP contribution >= 0.6 is 15.9 Å². The van der Waals surface area contributed by atoms with E-state index < -0.39 is 0 Å². The number of pyridine rings is 1. The Balaban J connectivity index is 2.14. The molecule has 0 radical (unpaired) electrons. The van der Waals surface area contributed by atoms with Gasteiger partial charge in [-0.2, -0.15) is 0 Å². The molecule has 2 rings (SSSR count). The minimum absolute atomic E-state index is 0.263. The molecule has 0 N–H and O–H groups in total. The normalized spacial score (nSPS) is 23.0. The summed E-state index contributed by atoms with van der Waals surface area (Å²) in [5.41, 5.74) is 1.19. The quantitative estimate of drug-likeness (QED) is 0.754. The predicted molar refractivity (Wildman–Crippen MR) is 54.5 cm³/mol. The van der Waals surface area contributed by atoms with Gasteiger partial charge in [-0.05, 0) is 41.3 Å². The molecule has 2 nitrogen and oxygen atoms in total. The van der Waals surface area contributed by atoms with Gasteiger partial charge in [0.2, 0.25) is 0 Å². The molecule has 1 aliphatic rings. The number of hydrogen-bond donors (Lipinski definition) is 0. The van der Waals surface area contributed by atoms with Gasteiger partial charge in [-0.3, -0.25) is 4.98 Å². The largest absolute Gasteiger partial charge is 0.373 e. The summed E-state index contributed by atoms with van der Waals surface area (Å²) >= 11 is 3.41. The Morgan fingerprint density at radius 3 is 3.00 bits per heavy atom. The average molecular weight is 242 g/mol. The molecule has 1 aromatic heterocycles. The molecule has 70 valence electrons. The highest BCUT2D eigenvalue weighted by atomic mass is 79.9. The molecular formula is C10H12BrNO. The van der Waals surface area contributed by atoms with Crippen LogP contribution in [-0.4, -0.2) is 11.6 Å². The van der Waals surface area contributed by atoms with E-state index in [-0.39, 0.29) is 6.10 Å². The van der Waals surface area contributed by atoms with Crippen LogP contribution < -0.4 is 0 Å². The van der Waals surface area contributed by atoms with Gasteiger partial charge >= 0.3 is 0 Å². The highest BCUT2D eigenvalue weighted by Crippen LogP contribution is 2.28. The second-order valence-corrected chi connectivity index (χ2v) is 4.21. The monoisotopic (exact) mass is 241 g/mol. The molecule has 1 aromatic rings. The van der Waals surface area contributed by atoms with Crippen molar-refractivity contribution in [2.45, 2.75) is 25.4 Å². The third kappa shape index (κ3) is 2.29. The molecule has 0 amide bonds. The van der Waals surface area contributed by atoms with Crippen LogP contribution in [0.5, 0.6) is 0 Å². The van der Waals surface area contributed by atoms with Crippen molar-refractivity contribution < 1.29 is 4.74 Å². The maximum absolute atomic E-state index is 5.66. The summed E-state index contributed by atoms with van der Waals surface area (Å²) in [6.07, 6.45) is 7.53. The van der Waals surface area contributed by atoms with Gasteiger partial charge in [0.1, 0.15) is 0 Å². The molecule has 0 aliphatic carbocycles. The minimum Gasteiger partial charge on any atom is -0.373 e. The molecule has 1 saturated heterocycles. The molecule has 2 heterocycles. The second kappa shape index (κ2) is 4.20. The molecule has 0 saturated carbocycles. The van der Waals surface area contributed by atoms with E-state index in [1.165, 1.54) is 18.4 Å². The van der Waals surface area contributed by atoms with Crippen LogP contribution in [0.25, 0.3) is 0 Å². The highest BCUT2D eigenvalue weighted by molar-refractivity contribution is 9.10. The lowest BCUT2D eigenvalue weighted by Gasteiger charge is -2.22. The van der Waals surface area contributed by atoms with Crippen molar-refractivity contribution in [3.8, 4) is 0 Å². The number of nitrogens with zero attached hydrogens (tertiary/aromatic N) is 1. The summed E-state index contributed by atoms with van der Waals surface area (Å²) in [6, 6.07) is 2.09. The number of aromatic nitrogens is 1. The van der Waals surface area contributed by atoms with Crippen LogP contribution in [0.4, 0.5) is 0 Å². The molecule has 13 heavy (non-hydrogen) atoms. The van der Waals surface area contributed by atoms with Crippen LogP contribution in [0, 0.1) is 0 Å². The number of hydrogen-bond acceptors (Lipinski definition) is 2. The first kappa shape index (κ1) is 9.16. The van der Waals surface area contributed by atoms with Crippen LogP contribution in [0.1, 0.15) is 30.9 Å². The molecular weight excluding hydrogens is 230 g/mol. The van der Waals surface area contributed by atoms with Gasteiger partial charge in [0.25, 0.3) is 0 Å². The Labute approximate surface area is 86.5 Å². The molecule has 3 heteroatoms. The molecule has 1 fully saturated rings. The Kier molecular flexibility index (Phi) is 2.96. The molecule has 1 atom stereocenters. The number of ether oxygens (including phenoxy) is 1. The van der Waals surface area contributed by atoms with E-state index in [0.29, 0.717) is 0 Å². The lowest BCUT2D eigenvalue weighted by Crippen LogP contribution is -2.11. The van der Waals surface area contributed by atoms with Crippen LogP contribution in [0.2, 0.25) is 0 Å². The van der Waals surface area contributed by atoms with Crippen LogP contribution in [-0.2, 0) is 4.74 Å². The van der Waals surface area contributed by atoms with Gasteiger partial charge in [-0.15, -0.1) is 0 Å². The lowest BCUT2D eigenvalue weighted by molar-refractivity contribution is 0.0147. The van der Waals surface area contributed by atoms with Gasteiger partial charge in [-0.1, -0.05) is 0 Å². The number of halogens is 1. The fourth-order valence-corrected chi connectivity index (χ4v) is 1.99. The van der Waals surface area contributed by atoms with E-state index in [9.17, 15) is 0 Å². The second-order valence-electron chi connectivity index (χ2n) is 3.29. The third-order valence-electron chi connectivity index (χ3n) is 2.28. The fraction of sp³-hybridized carbons (Fsp3) is 0.500. The van der Waals surface area contributed by atoms with E-state index in [4.69, 9.17) is 4.74 Å². The smallest absolute Gasteiger partial charge is 0.0840 e. The molecule has 0 bridgehead atoms. The molecule has 1 unspecified atom stereocenters. The highest BCUT2D eigenvalue weighted by Gasteiger charge is 2.15. The Hall–Kier alpha value is -0.410. The van der Waals surface area contributed by atoms with Crippen molar-refractivity contribution in [1.82, 2.24) is 4.98 Å². The maximum atomic E-state index is 5.66. The van der Waals surface area contributed by atoms with Crippen molar-refractivity contribution in [3.05, 3.63) is 28.5 Å². The van der Waals surface area contributed by atoms with E-state index in [1.54, 1.807) is 6.20 Å². The van der Waals surface area contributed by atoms with Crippen molar-refractivity contribution >= 4 is 15.9 Å². The van der Waals surface area contributed by atoms with E-state index in [1.807, 2.05) is 6.20 Å². The fourth-order valence-electron chi connectivity index (χ4n) is 1.61. The van der Waals surface area contributed by atoms with Crippen LogP contribution in [0.3, 0.4) is 0 Å². The molecule has 0 aromatic carbocycles. The van der Waals surface area contributed by atoms with Gasteiger partial charge in [0, 0.05) is 29.0 Å². The first-order chi connectivity index (χ1) is 6.36. The maximum Gasteiger partial charge on any atom is 0.0840 e. The van der Waals surface area contributed by atoms with Crippen molar-refractivity contribution in [2.75, 3.05) is 6.61 Å². The zero-order chi connectivity index (χ0) is 9.10. The third-order valence-corrected chi connectivity index (χ3v) is 2.71. The van der Waals surface area contributed by atoms with Gasteiger partial charge in [0.05, 0.1) is 6.10 Å². The van der Waals surface area contributed by atoms with E-state index in [0.717, 1.165) is 17.5 Å². The standard InChI is InChI=1S/C10H12BrNO/c11-9-5-8(6-12-7-9)10-3-1-2-4-13-10/h5-7,10H,1-4H2. The minimum atomic E-state index is 0.263. The zero-order valence-electron chi connectivity index (χ0n) is 7.37. The first-order valence-electron chi connectivity index (χ1n) is 4.58. The SMILES string of the molecule is Brc1cncc(C2CCCCO2)c1. The van der Waals surface area contributed by atoms with Gasteiger partial charge < -0.3 is 4.74 Å². The topological polar surface area (TPSA) is 22.1 Å². The summed E-state index contributed by atoms with van der Waals surface area (Å²) in [5, 5.41) is 0. The lowest BCUT2D eigenvalue weighted by atomic mass is 10.0. The average Bonchev–Trinajstić information content (AvgIpc) is 2.19. The summed E-state index contributed by atoms with van der Waals surface area (Å²) in [5.74, 6) is 0. The van der Waals surface area contributed by atoms with Crippen LogP contribution in [0.15, 0.2) is 22.9 Å². The van der Waals surface area contributed by atoms with E-state index in [2.05, 4.69) is 27.0 Å². The molecule has 0 spiro atoms. The predicted octanol–water partition coefficient (Wildman–Crippen LogP) is 3.09. The Morgan fingerprint density at radius 1 is 1.38 bits per heavy atom. The van der Waals surface area contributed by atoms with Crippen molar-refractivity contribution in [3.63, 3.8) is 0 Å². The Bertz CT molecular complexity index is 284. The van der Waals surface area contributed by atoms with Gasteiger partial charge in [-0.25, -0.2) is 0 Å². The first-order valence-corrected chi connectivity index (χ1v) is 5.37. The summed E-state index contributed by atoms with van der Waals surface area (Å²) in [4.78, 5) is 4.13. The summed E-state index contributed by atoms with van der Waals surface area (Å²) < 4.78 is 6.69. The molecule has 1 aliphatic heterocycles. The number of rotatable bonds is 1. The summed E-state index contributed by atoms with van der Waals surface area (Å²) in [6.45, 7) is 0.886. The van der Waals surface area contributed by atoms with Gasteiger partial charge in [0.15, 0.2) is 0 Å². The Morgan fingerprint density at radius 2 is 2.31 bits per heavy atom. The van der Waals surface area contributed by atoms with Crippen molar-refractivity contribution in [1.29, 1.82) is 0 Å². The zero-order valence-corrected chi connectivity index (χ0v) is 8.96. The van der Waals surface area contributed by atoms with E-state index >= 15 is 0 Å².